The lowest BCUT2D eigenvalue weighted by molar-refractivity contribution is -0.134. The van der Waals surface area contributed by atoms with E-state index in [0.29, 0.717) is 25.3 Å². The van der Waals surface area contributed by atoms with Crippen molar-refractivity contribution in [2.45, 2.75) is 31.7 Å². The number of piperidine rings is 1. The molecule has 3 rings (SSSR count). The van der Waals surface area contributed by atoms with Gasteiger partial charge in [-0.05, 0) is 49.1 Å². The van der Waals surface area contributed by atoms with Crippen molar-refractivity contribution in [2.24, 2.45) is 0 Å². The molecule has 2 aromatic rings. The molecule has 5 nitrogen and oxygen atoms in total. The van der Waals surface area contributed by atoms with Gasteiger partial charge in [-0.25, -0.2) is 4.39 Å². The van der Waals surface area contributed by atoms with Crippen LogP contribution in [-0.4, -0.2) is 42.5 Å². The molecule has 0 saturated carbocycles. The normalized spacial score (nSPS) is 14.5. The van der Waals surface area contributed by atoms with Crippen molar-refractivity contribution in [3.63, 3.8) is 0 Å². The summed E-state index contributed by atoms with van der Waals surface area (Å²) >= 11 is 0. The summed E-state index contributed by atoms with van der Waals surface area (Å²) in [6.07, 6.45) is 2.66. The zero-order valence-electron chi connectivity index (χ0n) is 15.8. The highest BCUT2D eigenvalue weighted by Gasteiger charge is 2.24. The molecule has 1 saturated heterocycles. The van der Waals surface area contributed by atoms with Gasteiger partial charge in [-0.2, -0.15) is 0 Å². The summed E-state index contributed by atoms with van der Waals surface area (Å²) in [6.45, 7) is 1.12. The minimum Gasteiger partial charge on any atom is -0.484 e. The molecule has 1 aliphatic heterocycles. The van der Waals surface area contributed by atoms with E-state index in [2.05, 4.69) is 5.32 Å². The molecular weight excluding hydrogens is 359 g/mol. The Hall–Kier alpha value is -2.89. The molecule has 0 unspecified atom stereocenters. The average Bonchev–Trinajstić information content (AvgIpc) is 2.73. The Morgan fingerprint density at radius 1 is 1.04 bits per heavy atom. The quantitative estimate of drug-likeness (QED) is 0.799. The van der Waals surface area contributed by atoms with Crippen molar-refractivity contribution in [3.05, 3.63) is 66.0 Å². The largest absolute Gasteiger partial charge is 0.484 e. The molecule has 1 heterocycles. The van der Waals surface area contributed by atoms with Crippen molar-refractivity contribution in [2.75, 3.05) is 19.7 Å². The van der Waals surface area contributed by atoms with E-state index in [4.69, 9.17) is 4.74 Å². The van der Waals surface area contributed by atoms with E-state index in [9.17, 15) is 14.0 Å². The van der Waals surface area contributed by atoms with Crippen LogP contribution in [0.2, 0.25) is 0 Å². The Morgan fingerprint density at radius 3 is 2.39 bits per heavy atom. The first-order chi connectivity index (χ1) is 13.6. The molecule has 0 radical (unpaired) electrons. The van der Waals surface area contributed by atoms with Crippen LogP contribution >= 0.6 is 0 Å². The summed E-state index contributed by atoms with van der Waals surface area (Å²) < 4.78 is 18.3. The van der Waals surface area contributed by atoms with Crippen LogP contribution in [0.15, 0.2) is 54.6 Å². The maximum atomic E-state index is 12.9. The van der Waals surface area contributed by atoms with Gasteiger partial charge in [0.25, 0.3) is 5.91 Å². The van der Waals surface area contributed by atoms with Gasteiger partial charge in [-0.1, -0.05) is 30.3 Å². The molecule has 0 aliphatic carbocycles. The Balaban J connectivity index is 1.34. The van der Waals surface area contributed by atoms with Crippen molar-refractivity contribution in [3.8, 4) is 5.75 Å². The Morgan fingerprint density at radius 2 is 1.71 bits per heavy atom. The summed E-state index contributed by atoms with van der Waals surface area (Å²) in [5, 5.41) is 3.07. The number of nitrogens with one attached hydrogen (secondary N) is 1. The van der Waals surface area contributed by atoms with Crippen molar-refractivity contribution in [1.29, 1.82) is 0 Å². The summed E-state index contributed by atoms with van der Waals surface area (Å²) in [5.74, 6) is 0.0772. The zero-order chi connectivity index (χ0) is 19.8. The van der Waals surface area contributed by atoms with Crippen LogP contribution < -0.4 is 10.1 Å². The summed E-state index contributed by atoms with van der Waals surface area (Å²) in [4.78, 5) is 26.2. The highest BCUT2D eigenvalue weighted by molar-refractivity contribution is 5.78. The zero-order valence-corrected chi connectivity index (χ0v) is 15.8. The van der Waals surface area contributed by atoms with Gasteiger partial charge in [-0.3, -0.25) is 9.59 Å². The van der Waals surface area contributed by atoms with Crippen LogP contribution in [0.3, 0.4) is 0 Å². The van der Waals surface area contributed by atoms with Crippen LogP contribution in [0.25, 0.3) is 0 Å². The van der Waals surface area contributed by atoms with Crippen molar-refractivity contribution >= 4 is 11.8 Å². The SMILES string of the molecule is O=C(CCc1ccccc1)NC1CCN(C(=O)COc2ccc(F)cc2)CC1. The number of nitrogens with zero attached hydrogens (tertiary/aromatic N) is 1. The molecule has 0 atom stereocenters. The van der Waals surface area contributed by atoms with Crippen molar-refractivity contribution < 1.29 is 18.7 Å². The first-order valence-electron chi connectivity index (χ1n) is 9.59. The van der Waals surface area contributed by atoms with Gasteiger partial charge in [0.1, 0.15) is 11.6 Å². The maximum absolute atomic E-state index is 12.9. The third kappa shape index (κ3) is 6.08. The van der Waals surface area contributed by atoms with Crippen molar-refractivity contribution in [1.82, 2.24) is 10.2 Å². The monoisotopic (exact) mass is 384 g/mol. The van der Waals surface area contributed by atoms with Gasteiger partial charge in [0, 0.05) is 25.6 Å². The van der Waals surface area contributed by atoms with Crippen LogP contribution in [0.1, 0.15) is 24.8 Å². The number of hydrogen-bond acceptors (Lipinski definition) is 3. The standard InChI is InChI=1S/C22H25FN2O3/c23-18-7-9-20(10-8-18)28-16-22(27)25-14-12-19(13-15-25)24-21(26)11-6-17-4-2-1-3-5-17/h1-5,7-10,19H,6,11-16H2,(H,24,26). The van der Waals surface area contributed by atoms with E-state index < -0.39 is 0 Å². The topological polar surface area (TPSA) is 58.6 Å². The number of carbonyl (C=O) groups excluding carboxylic acids is 2. The van der Waals surface area contributed by atoms with E-state index in [1.54, 1.807) is 4.90 Å². The van der Waals surface area contributed by atoms with Crippen LogP contribution in [-0.2, 0) is 16.0 Å². The van der Waals surface area contributed by atoms with E-state index in [1.807, 2.05) is 30.3 Å². The fraction of sp³-hybridized carbons (Fsp3) is 0.364. The third-order valence-electron chi connectivity index (χ3n) is 4.87. The van der Waals surface area contributed by atoms with Gasteiger partial charge in [0.15, 0.2) is 6.61 Å². The number of ether oxygens (including phenoxy) is 1. The minimum atomic E-state index is -0.341. The average molecular weight is 384 g/mol. The van der Waals surface area contributed by atoms with E-state index in [-0.39, 0.29) is 30.3 Å². The molecule has 1 aliphatic rings. The lowest BCUT2D eigenvalue weighted by Gasteiger charge is -2.32. The van der Waals surface area contributed by atoms with E-state index in [1.165, 1.54) is 24.3 Å². The number of likely N-dealkylation sites (tertiary alicyclic amines) is 1. The number of rotatable bonds is 7. The fourth-order valence-corrected chi connectivity index (χ4v) is 3.24. The number of hydrogen-bond donors (Lipinski definition) is 1. The molecule has 148 valence electrons. The lowest BCUT2D eigenvalue weighted by Crippen LogP contribution is -2.47. The molecule has 6 heteroatoms. The predicted octanol–water partition coefficient (Wildman–Crippen LogP) is 2.94. The predicted molar refractivity (Wildman–Crippen MR) is 104 cm³/mol. The summed E-state index contributed by atoms with van der Waals surface area (Å²) in [6, 6.07) is 15.6. The van der Waals surface area contributed by atoms with Gasteiger partial charge in [0.05, 0.1) is 0 Å². The number of aryl methyl sites for hydroxylation is 1. The molecule has 0 aromatic heterocycles. The first-order valence-corrected chi connectivity index (χ1v) is 9.59. The maximum Gasteiger partial charge on any atom is 0.260 e. The third-order valence-corrected chi connectivity index (χ3v) is 4.87. The first kappa shape index (κ1) is 19.9. The summed E-state index contributed by atoms with van der Waals surface area (Å²) in [5.41, 5.74) is 1.15. The summed E-state index contributed by atoms with van der Waals surface area (Å²) in [7, 11) is 0. The van der Waals surface area contributed by atoms with Gasteiger partial charge < -0.3 is 15.0 Å². The highest BCUT2D eigenvalue weighted by Crippen LogP contribution is 2.14. The van der Waals surface area contributed by atoms with Gasteiger partial charge in [-0.15, -0.1) is 0 Å². The molecule has 1 N–H and O–H groups in total. The molecule has 0 bridgehead atoms. The number of benzene rings is 2. The Labute approximate surface area is 164 Å². The van der Waals surface area contributed by atoms with Crippen LogP contribution in [0.4, 0.5) is 4.39 Å². The van der Waals surface area contributed by atoms with Gasteiger partial charge in [0.2, 0.25) is 5.91 Å². The molecule has 2 amide bonds. The number of halogens is 1. The molecule has 28 heavy (non-hydrogen) atoms. The van der Waals surface area contributed by atoms with E-state index >= 15 is 0 Å². The molecule has 1 fully saturated rings. The smallest absolute Gasteiger partial charge is 0.260 e. The van der Waals surface area contributed by atoms with E-state index in [0.717, 1.165) is 24.8 Å². The molecule has 2 aromatic carbocycles. The number of amides is 2. The van der Waals surface area contributed by atoms with Gasteiger partial charge >= 0.3 is 0 Å². The second-order valence-electron chi connectivity index (χ2n) is 6.95. The second kappa shape index (κ2) is 9.88. The number of carbonyl (C=O) groups is 2. The second-order valence-corrected chi connectivity index (χ2v) is 6.95. The Bertz CT molecular complexity index is 772. The lowest BCUT2D eigenvalue weighted by atomic mass is 10.0. The molecule has 0 spiro atoms. The fourth-order valence-electron chi connectivity index (χ4n) is 3.24. The molecular formula is C22H25FN2O3. The highest BCUT2D eigenvalue weighted by atomic mass is 19.1. The minimum absolute atomic E-state index is 0.0493. The Kier molecular flexibility index (Phi) is 7.00. The van der Waals surface area contributed by atoms with Crippen LogP contribution in [0, 0.1) is 5.82 Å². The van der Waals surface area contributed by atoms with Crippen LogP contribution in [0.5, 0.6) is 5.75 Å².